The van der Waals surface area contributed by atoms with Crippen LogP contribution in [-0.2, 0) is 13.6 Å². The maximum absolute atomic E-state index is 12.7. The summed E-state index contributed by atoms with van der Waals surface area (Å²) in [7, 11) is -4.61. The van der Waals surface area contributed by atoms with Gasteiger partial charge in [0.05, 0.1) is 26.6 Å². The average molecular weight is 264 g/mol. The van der Waals surface area contributed by atoms with E-state index in [9.17, 15) is 4.57 Å². The molecule has 0 saturated heterocycles. The minimum atomic E-state index is -2.99. The lowest BCUT2D eigenvalue weighted by Crippen LogP contribution is -2.37. The Morgan fingerprint density at radius 1 is 1.19 bits per heavy atom. The first kappa shape index (κ1) is 16.1. The van der Waals surface area contributed by atoms with Crippen LogP contribution in [0.1, 0.15) is 20.8 Å². The molecule has 0 aromatic rings. The molecule has 0 spiro atoms. The number of hydrogen-bond donors (Lipinski definition) is 0. The maximum atomic E-state index is 12.7. The largest absolute Gasteiger partial charge is 0.334 e. The van der Waals surface area contributed by atoms with E-state index < -0.39 is 15.7 Å². The minimum Gasteiger partial charge on any atom is -0.309 e. The zero-order valence-electron chi connectivity index (χ0n) is 11.3. The molecule has 0 aliphatic heterocycles. The maximum Gasteiger partial charge on any atom is 0.334 e. The van der Waals surface area contributed by atoms with Crippen LogP contribution in [0.5, 0.6) is 0 Å². The molecule has 0 N–H and O–H groups in total. The zero-order valence-corrected chi connectivity index (χ0v) is 13.2. The highest BCUT2D eigenvalue weighted by molar-refractivity contribution is 7.58. The van der Waals surface area contributed by atoms with Gasteiger partial charge in [-0.15, -0.1) is 0 Å². The van der Waals surface area contributed by atoms with Crippen molar-refractivity contribution in [3.05, 3.63) is 12.2 Å². The first-order valence-corrected chi connectivity index (χ1v) is 11.0. The Bertz CT molecular complexity index is 261. The number of hydrogen-bond acceptors (Lipinski definition) is 3. The van der Waals surface area contributed by atoms with E-state index in [0.29, 0.717) is 13.2 Å². The molecular weight excluding hydrogens is 239 g/mol. The van der Waals surface area contributed by atoms with Gasteiger partial charge in [0.15, 0.2) is 0 Å². The van der Waals surface area contributed by atoms with Crippen molar-refractivity contribution in [2.75, 3.05) is 13.2 Å². The van der Waals surface area contributed by atoms with E-state index in [4.69, 9.17) is 9.05 Å². The van der Waals surface area contributed by atoms with Crippen molar-refractivity contribution < 1.29 is 13.6 Å². The van der Waals surface area contributed by atoms with Crippen LogP contribution >= 0.6 is 7.60 Å². The van der Waals surface area contributed by atoms with Crippen LogP contribution in [0.3, 0.4) is 0 Å². The molecule has 0 rings (SSSR count). The summed E-state index contributed by atoms with van der Waals surface area (Å²) >= 11 is 0. The van der Waals surface area contributed by atoms with E-state index in [2.05, 4.69) is 19.6 Å². The molecule has 1 atom stereocenters. The second kappa shape index (κ2) is 6.75. The van der Waals surface area contributed by atoms with E-state index in [-0.39, 0.29) is 5.28 Å². The molecule has 5 heteroatoms. The fourth-order valence-corrected chi connectivity index (χ4v) is 8.12. The SMILES string of the molecule is C/C=C/C([Si](C)(C)C)P(=O)(OCC)OCC. The molecule has 0 saturated carbocycles. The summed E-state index contributed by atoms with van der Waals surface area (Å²) < 4.78 is 23.5. The lowest BCUT2D eigenvalue weighted by molar-refractivity contribution is 0.220. The van der Waals surface area contributed by atoms with E-state index in [1.54, 1.807) is 0 Å². The van der Waals surface area contributed by atoms with Gasteiger partial charge in [-0.05, 0) is 20.8 Å². The Morgan fingerprint density at radius 2 is 1.62 bits per heavy atom. The Kier molecular flexibility index (Phi) is 6.79. The highest BCUT2D eigenvalue weighted by Gasteiger charge is 2.42. The van der Waals surface area contributed by atoms with E-state index in [0.717, 1.165) is 0 Å². The lowest BCUT2D eigenvalue weighted by Gasteiger charge is -2.32. The van der Waals surface area contributed by atoms with Crippen molar-refractivity contribution in [1.82, 2.24) is 0 Å². The van der Waals surface area contributed by atoms with E-state index >= 15 is 0 Å². The Balaban J connectivity index is 5.18. The van der Waals surface area contributed by atoms with Crippen molar-refractivity contribution in [2.24, 2.45) is 0 Å². The van der Waals surface area contributed by atoms with Crippen LogP contribution in [0.25, 0.3) is 0 Å². The molecule has 1 unspecified atom stereocenters. The van der Waals surface area contributed by atoms with Gasteiger partial charge in [0.2, 0.25) is 0 Å². The summed E-state index contributed by atoms with van der Waals surface area (Å²) in [6, 6.07) is 0. The van der Waals surface area contributed by atoms with Gasteiger partial charge in [-0.3, -0.25) is 4.57 Å². The Morgan fingerprint density at radius 3 is 1.88 bits per heavy atom. The molecule has 0 radical (unpaired) electrons. The predicted octanol–water partition coefficient (Wildman–Crippen LogP) is 4.07. The standard InChI is InChI=1S/C11H25O3PSi/c1-7-10-11(16(4,5)6)15(12,13-8-2)14-9-3/h7,10-11H,8-9H2,1-6H3/b10-7+. The van der Waals surface area contributed by atoms with Gasteiger partial charge >= 0.3 is 7.60 Å². The fourth-order valence-electron chi connectivity index (χ4n) is 1.61. The quantitative estimate of drug-likeness (QED) is 0.395. The topological polar surface area (TPSA) is 35.5 Å². The van der Waals surface area contributed by atoms with Crippen molar-refractivity contribution in [3.8, 4) is 0 Å². The molecule has 0 amide bonds. The number of rotatable bonds is 7. The average Bonchev–Trinajstić information content (AvgIpc) is 2.13. The third kappa shape index (κ3) is 4.54. The minimum absolute atomic E-state index is 0.0649. The number of allylic oxidation sites excluding steroid dienone is 2. The van der Waals surface area contributed by atoms with Gasteiger partial charge in [0.1, 0.15) is 0 Å². The monoisotopic (exact) mass is 264 g/mol. The molecule has 0 fully saturated rings. The highest BCUT2D eigenvalue weighted by atomic mass is 31.2. The van der Waals surface area contributed by atoms with Gasteiger partial charge in [0.25, 0.3) is 0 Å². The Labute approximate surface area is 101 Å². The van der Waals surface area contributed by atoms with Crippen molar-refractivity contribution in [3.63, 3.8) is 0 Å². The van der Waals surface area contributed by atoms with Gasteiger partial charge in [-0.25, -0.2) is 0 Å². The van der Waals surface area contributed by atoms with Crippen LogP contribution in [0.4, 0.5) is 0 Å². The molecule has 0 aromatic carbocycles. The molecule has 0 heterocycles. The third-order valence-corrected chi connectivity index (χ3v) is 9.55. The first-order chi connectivity index (χ1) is 7.31. The second-order valence-corrected chi connectivity index (χ2v) is 12.7. The summed E-state index contributed by atoms with van der Waals surface area (Å²) in [5.41, 5.74) is 0. The highest BCUT2D eigenvalue weighted by Crippen LogP contribution is 2.56. The summed E-state index contributed by atoms with van der Waals surface area (Å²) in [4.78, 5) is 0. The molecule has 0 aromatic heterocycles. The van der Waals surface area contributed by atoms with Crippen LogP contribution in [-0.4, -0.2) is 26.6 Å². The van der Waals surface area contributed by atoms with E-state index in [1.165, 1.54) is 0 Å². The normalized spacial score (nSPS) is 15.6. The van der Waals surface area contributed by atoms with Crippen LogP contribution in [0, 0.1) is 0 Å². The summed E-state index contributed by atoms with van der Waals surface area (Å²) in [6.45, 7) is 13.0. The van der Waals surface area contributed by atoms with Gasteiger partial charge in [0, 0.05) is 0 Å². The molecule has 3 nitrogen and oxygen atoms in total. The summed E-state index contributed by atoms with van der Waals surface area (Å²) in [5, 5.41) is -0.0649. The molecule has 96 valence electrons. The van der Waals surface area contributed by atoms with Gasteiger partial charge < -0.3 is 9.05 Å². The van der Waals surface area contributed by atoms with Crippen LogP contribution < -0.4 is 0 Å². The van der Waals surface area contributed by atoms with Crippen molar-refractivity contribution >= 4 is 15.7 Å². The zero-order chi connectivity index (χ0) is 12.8. The van der Waals surface area contributed by atoms with Crippen molar-refractivity contribution in [2.45, 2.75) is 45.7 Å². The summed E-state index contributed by atoms with van der Waals surface area (Å²) in [5.74, 6) is 0. The fraction of sp³-hybridized carbons (Fsp3) is 0.818. The predicted molar refractivity (Wildman–Crippen MR) is 72.8 cm³/mol. The first-order valence-electron chi connectivity index (χ1n) is 5.83. The van der Waals surface area contributed by atoms with Crippen molar-refractivity contribution in [1.29, 1.82) is 0 Å². The lowest BCUT2D eigenvalue weighted by atomic mass is 10.6. The van der Waals surface area contributed by atoms with Crippen LogP contribution in [0.15, 0.2) is 12.2 Å². The van der Waals surface area contributed by atoms with Gasteiger partial charge in [-0.1, -0.05) is 31.8 Å². The summed E-state index contributed by atoms with van der Waals surface area (Å²) in [6.07, 6.45) is 3.92. The Hall–Kier alpha value is 0.107. The molecule has 0 aliphatic carbocycles. The second-order valence-electron chi connectivity index (χ2n) is 4.71. The molecule has 0 aliphatic rings. The van der Waals surface area contributed by atoms with Crippen LogP contribution in [0.2, 0.25) is 19.6 Å². The van der Waals surface area contributed by atoms with Gasteiger partial charge in [-0.2, -0.15) is 0 Å². The smallest absolute Gasteiger partial charge is 0.309 e. The third-order valence-electron chi connectivity index (χ3n) is 2.22. The van der Waals surface area contributed by atoms with E-state index in [1.807, 2.05) is 32.9 Å². The molecule has 16 heavy (non-hydrogen) atoms. The molecular formula is C11H25O3PSi. The molecule has 0 bridgehead atoms.